The van der Waals surface area contributed by atoms with Crippen LogP contribution < -0.4 is 5.73 Å². The molecule has 8 heteroatoms. The number of nitriles is 1. The second-order valence-electron chi connectivity index (χ2n) is 6.37. The van der Waals surface area contributed by atoms with Crippen molar-refractivity contribution >= 4 is 17.3 Å². The Labute approximate surface area is 135 Å². The first-order valence-electron chi connectivity index (χ1n) is 7.42. The Bertz CT molecular complexity index is 795. The van der Waals surface area contributed by atoms with E-state index in [4.69, 9.17) is 5.73 Å². The van der Waals surface area contributed by atoms with Gasteiger partial charge in [0.2, 0.25) is 0 Å². The molecule has 2 aromatic heterocycles. The lowest BCUT2D eigenvalue weighted by Gasteiger charge is -2.15. The van der Waals surface area contributed by atoms with E-state index >= 15 is 0 Å². The van der Waals surface area contributed by atoms with Gasteiger partial charge in [-0.15, -0.1) is 10.2 Å². The lowest BCUT2D eigenvalue weighted by atomic mass is 9.91. The summed E-state index contributed by atoms with van der Waals surface area (Å²) in [5.74, 6) is 0.882. The number of azo groups is 1. The summed E-state index contributed by atoms with van der Waals surface area (Å²) < 4.78 is 3.24. The number of hydrogen-bond donors (Lipinski definition) is 1. The van der Waals surface area contributed by atoms with Crippen molar-refractivity contribution in [1.29, 1.82) is 5.26 Å². The van der Waals surface area contributed by atoms with Crippen LogP contribution in [-0.2, 0) is 19.0 Å². The van der Waals surface area contributed by atoms with Crippen LogP contribution >= 0.6 is 0 Å². The molecule has 2 rings (SSSR count). The molecular formula is C15H22N8. The fourth-order valence-corrected chi connectivity index (χ4v) is 2.25. The van der Waals surface area contributed by atoms with E-state index in [1.807, 2.05) is 27.7 Å². The third-order valence-electron chi connectivity index (χ3n) is 3.53. The van der Waals surface area contributed by atoms with Crippen LogP contribution in [0.15, 0.2) is 10.2 Å². The Hall–Kier alpha value is -2.69. The number of hydrogen-bond acceptors (Lipinski definition) is 6. The van der Waals surface area contributed by atoms with Crippen LogP contribution in [0.2, 0.25) is 0 Å². The molecule has 2 N–H and O–H groups in total. The lowest BCUT2D eigenvalue weighted by Crippen LogP contribution is -2.12. The van der Waals surface area contributed by atoms with Gasteiger partial charge in [0.1, 0.15) is 17.5 Å². The monoisotopic (exact) mass is 314 g/mol. The highest BCUT2D eigenvalue weighted by molar-refractivity contribution is 5.63. The molecule has 0 radical (unpaired) electrons. The van der Waals surface area contributed by atoms with E-state index in [0.717, 1.165) is 5.69 Å². The summed E-state index contributed by atoms with van der Waals surface area (Å²) in [5.41, 5.74) is 8.21. The smallest absolute Gasteiger partial charge is 0.191 e. The topological polar surface area (TPSA) is 110 Å². The molecule has 0 aliphatic rings. The number of rotatable bonds is 3. The van der Waals surface area contributed by atoms with E-state index < -0.39 is 0 Å². The van der Waals surface area contributed by atoms with Crippen LogP contribution in [0.4, 0.5) is 17.3 Å². The molecule has 122 valence electrons. The van der Waals surface area contributed by atoms with Crippen LogP contribution in [0.3, 0.4) is 0 Å². The summed E-state index contributed by atoms with van der Waals surface area (Å²) in [6.45, 7) is 10.4. The number of nitrogens with zero attached hydrogens (tertiary/aromatic N) is 7. The molecule has 0 aromatic carbocycles. The molecule has 0 atom stereocenters. The van der Waals surface area contributed by atoms with Crippen LogP contribution in [0.5, 0.6) is 0 Å². The minimum absolute atomic E-state index is 0.220. The van der Waals surface area contributed by atoms with Crippen molar-refractivity contribution < 1.29 is 0 Å². The fourth-order valence-electron chi connectivity index (χ4n) is 2.25. The summed E-state index contributed by atoms with van der Waals surface area (Å²) in [5, 5.41) is 26.6. The van der Waals surface area contributed by atoms with E-state index in [1.54, 1.807) is 23.3 Å². The van der Waals surface area contributed by atoms with E-state index in [1.165, 1.54) is 0 Å². The minimum Gasteiger partial charge on any atom is -0.382 e. The second kappa shape index (κ2) is 5.83. The van der Waals surface area contributed by atoms with Crippen molar-refractivity contribution in [3.05, 3.63) is 17.0 Å². The van der Waals surface area contributed by atoms with Gasteiger partial charge in [-0.2, -0.15) is 15.5 Å². The molecule has 0 fully saturated rings. The average molecular weight is 314 g/mol. The maximum Gasteiger partial charge on any atom is 0.191 e. The summed E-state index contributed by atoms with van der Waals surface area (Å²) in [6, 6.07) is 2.13. The highest BCUT2D eigenvalue weighted by Gasteiger charge is 2.25. The van der Waals surface area contributed by atoms with Crippen LogP contribution in [-0.4, -0.2) is 19.6 Å². The minimum atomic E-state index is -0.220. The van der Waals surface area contributed by atoms with Crippen LogP contribution in [0.25, 0.3) is 0 Å². The fraction of sp³-hybridized carbons (Fsp3) is 0.533. The predicted octanol–water partition coefficient (Wildman–Crippen LogP) is 3.11. The number of nitrogen functional groups attached to an aromatic ring is 1. The number of aryl methyl sites for hydroxylation is 3. The van der Waals surface area contributed by atoms with Gasteiger partial charge in [-0.05, 0) is 13.8 Å². The lowest BCUT2D eigenvalue weighted by molar-refractivity contribution is 0.554. The van der Waals surface area contributed by atoms with Crippen molar-refractivity contribution in [1.82, 2.24) is 19.6 Å². The summed E-state index contributed by atoms with van der Waals surface area (Å²) in [6.07, 6.45) is 0. The normalized spacial score (nSPS) is 12.0. The molecule has 0 aliphatic carbocycles. The molecule has 0 bridgehead atoms. The molecule has 8 nitrogen and oxygen atoms in total. The molecule has 2 heterocycles. The Morgan fingerprint density at radius 1 is 1.26 bits per heavy atom. The van der Waals surface area contributed by atoms with E-state index in [2.05, 4.69) is 26.5 Å². The standard InChI is InChI=1S/C15H22N8/c1-7-23-14(10(8-16)9(2)20-23)19-18-11-12(15(3,4)5)21-22(6)13(11)17/h7,17H2,1-6H3. The van der Waals surface area contributed by atoms with Gasteiger partial charge in [0.15, 0.2) is 11.5 Å². The van der Waals surface area contributed by atoms with Gasteiger partial charge in [0, 0.05) is 19.0 Å². The number of nitrogens with two attached hydrogens (primary N) is 1. The zero-order valence-corrected chi connectivity index (χ0v) is 14.4. The van der Waals surface area contributed by atoms with Crippen molar-refractivity contribution in [2.45, 2.75) is 46.6 Å². The van der Waals surface area contributed by atoms with Gasteiger partial charge in [-0.1, -0.05) is 20.8 Å². The van der Waals surface area contributed by atoms with Gasteiger partial charge >= 0.3 is 0 Å². The van der Waals surface area contributed by atoms with Crippen molar-refractivity contribution in [2.24, 2.45) is 17.3 Å². The third kappa shape index (κ3) is 2.95. The Morgan fingerprint density at radius 3 is 2.43 bits per heavy atom. The second-order valence-corrected chi connectivity index (χ2v) is 6.37. The average Bonchev–Trinajstić information content (AvgIpc) is 2.94. The van der Waals surface area contributed by atoms with Crippen molar-refractivity contribution in [3.63, 3.8) is 0 Å². The maximum atomic E-state index is 9.30. The van der Waals surface area contributed by atoms with Gasteiger partial charge in [-0.25, -0.2) is 4.68 Å². The van der Waals surface area contributed by atoms with Crippen molar-refractivity contribution in [3.8, 4) is 6.07 Å². The maximum absolute atomic E-state index is 9.30. The summed E-state index contributed by atoms with van der Waals surface area (Å²) in [4.78, 5) is 0. The highest BCUT2D eigenvalue weighted by atomic mass is 15.4. The first kappa shape index (κ1) is 16.7. The van der Waals surface area contributed by atoms with Crippen LogP contribution in [0, 0.1) is 18.3 Å². The molecule has 23 heavy (non-hydrogen) atoms. The molecule has 0 amide bonds. The molecule has 2 aromatic rings. The van der Waals surface area contributed by atoms with E-state index in [9.17, 15) is 5.26 Å². The molecule has 0 saturated carbocycles. The van der Waals surface area contributed by atoms with E-state index in [0.29, 0.717) is 35.1 Å². The van der Waals surface area contributed by atoms with Gasteiger partial charge in [0.25, 0.3) is 0 Å². The van der Waals surface area contributed by atoms with Crippen LogP contribution in [0.1, 0.15) is 44.6 Å². The zero-order valence-electron chi connectivity index (χ0n) is 14.4. The Kier molecular flexibility index (Phi) is 4.23. The molecular weight excluding hydrogens is 292 g/mol. The van der Waals surface area contributed by atoms with Crippen molar-refractivity contribution in [2.75, 3.05) is 5.73 Å². The summed E-state index contributed by atoms with van der Waals surface area (Å²) in [7, 11) is 1.77. The van der Waals surface area contributed by atoms with Gasteiger partial charge in [0.05, 0.1) is 11.4 Å². The predicted molar refractivity (Wildman–Crippen MR) is 87.8 cm³/mol. The van der Waals surface area contributed by atoms with Gasteiger partial charge in [-0.3, -0.25) is 4.68 Å². The first-order valence-corrected chi connectivity index (χ1v) is 7.42. The Balaban J connectivity index is 2.57. The SMILES string of the molecule is CCn1nc(C)c(C#N)c1N=Nc1c(C(C)(C)C)nn(C)c1N. The molecule has 0 saturated heterocycles. The molecule has 0 spiro atoms. The molecule has 0 aliphatic heterocycles. The summed E-state index contributed by atoms with van der Waals surface area (Å²) >= 11 is 0. The quantitative estimate of drug-likeness (QED) is 0.877. The third-order valence-corrected chi connectivity index (χ3v) is 3.53. The largest absolute Gasteiger partial charge is 0.382 e. The first-order chi connectivity index (χ1) is 10.7. The highest BCUT2D eigenvalue weighted by Crippen LogP contribution is 2.36. The van der Waals surface area contributed by atoms with E-state index in [-0.39, 0.29) is 5.41 Å². The number of aromatic nitrogens is 4. The molecule has 0 unspecified atom stereocenters. The van der Waals surface area contributed by atoms with Gasteiger partial charge < -0.3 is 5.73 Å². The number of anilines is 1. The Morgan fingerprint density at radius 2 is 1.91 bits per heavy atom. The zero-order chi connectivity index (χ0) is 17.4.